The highest BCUT2D eigenvalue weighted by Crippen LogP contribution is 2.19. The fraction of sp³-hybridized carbons (Fsp3) is 0.400. The van der Waals surface area contributed by atoms with Gasteiger partial charge < -0.3 is 10.1 Å². The second-order valence-electron chi connectivity index (χ2n) is 3.16. The van der Waals surface area contributed by atoms with Crippen LogP contribution in [0.3, 0.4) is 0 Å². The number of benzene rings is 1. The molecule has 1 unspecified atom stereocenters. The summed E-state index contributed by atoms with van der Waals surface area (Å²) in [6, 6.07) is 8.13. The average molecular weight is 195 g/mol. The third-order valence-electron chi connectivity index (χ3n) is 2.19. The van der Waals surface area contributed by atoms with Gasteiger partial charge in [0.15, 0.2) is 0 Å². The number of rotatable bonds is 1. The van der Waals surface area contributed by atoms with E-state index in [2.05, 4.69) is 30.1 Å². The van der Waals surface area contributed by atoms with Crippen molar-refractivity contribution in [2.75, 3.05) is 19.7 Å². The van der Waals surface area contributed by atoms with Crippen LogP contribution in [0.1, 0.15) is 11.7 Å². The van der Waals surface area contributed by atoms with Crippen molar-refractivity contribution in [1.29, 1.82) is 0 Å². The third kappa shape index (κ3) is 2.24. The standard InChI is InChI=1S/C10H13NOS/c13-9-3-1-8(2-4-9)10-7-11-5-6-12-10/h1-4,10-11,13H,5-7H2. The van der Waals surface area contributed by atoms with Crippen molar-refractivity contribution in [1.82, 2.24) is 5.32 Å². The molecule has 0 aromatic heterocycles. The first-order chi connectivity index (χ1) is 6.36. The van der Waals surface area contributed by atoms with E-state index in [9.17, 15) is 0 Å². The molecule has 2 nitrogen and oxygen atoms in total. The van der Waals surface area contributed by atoms with E-state index in [0.717, 1.165) is 24.6 Å². The fourth-order valence-electron chi connectivity index (χ4n) is 1.47. The first kappa shape index (κ1) is 9.06. The van der Waals surface area contributed by atoms with E-state index in [-0.39, 0.29) is 6.10 Å². The van der Waals surface area contributed by atoms with E-state index in [1.807, 2.05) is 12.1 Å². The maximum atomic E-state index is 5.62. The number of hydrogen-bond donors (Lipinski definition) is 2. The van der Waals surface area contributed by atoms with Crippen LogP contribution in [0.4, 0.5) is 0 Å². The molecule has 1 aliphatic rings. The SMILES string of the molecule is Sc1ccc(C2CNCCO2)cc1. The summed E-state index contributed by atoms with van der Waals surface area (Å²) < 4.78 is 5.62. The number of hydrogen-bond acceptors (Lipinski definition) is 3. The first-order valence-corrected chi connectivity index (χ1v) is 4.92. The van der Waals surface area contributed by atoms with Crippen LogP contribution in [-0.4, -0.2) is 19.7 Å². The van der Waals surface area contributed by atoms with E-state index in [1.165, 1.54) is 5.56 Å². The highest BCUT2D eigenvalue weighted by molar-refractivity contribution is 7.80. The molecule has 0 saturated carbocycles. The predicted molar refractivity (Wildman–Crippen MR) is 55.3 cm³/mol. The Morgan fingerprint density at radius 2 is 2.08 bits per heavy atom. The Morgan fingerprint density at radius 3 is 2.69 bits per heavy atom. The molecule has 70 valence electrons. The van der Waals surface area contributed by atoms with Crippen molar-refractivity contribution in [2.45, 2.75) is 11.0 Å². The smallest absolute Gasteiger partial charge is 0.0949 e. The van der Waals surface area contributed by atoms with Crippen LogP contribution in [0, 0.1) is 0 Å². The van der Waals surface area contributed by atoms with Gasteiger partial charge in [0.05, 0.1) is 12.7 Å². The minimum absolute atomic E-state index is 0.211. The van der Waals surface area contributed by atoms with E-state index >= 15 is 0 Å². The van der Waals surface area contributed by atoms with Crippen molar-refractivity contribution >= 4 is 12.6 Å². The van der Waals surface area contributed by atoms with Gasteiger partial charge in [0.1, 0.15) is 0 Å². The van der Waals surface area contributed by atoms with Crippen LogP contribution in [0.25, 0.3) is 0 Å². The van der Waals surface area contributed by atoms with Gasteiger partial charge >= 0.3 is 0 Å². The summed E-state index contributed by atoms with van der Waals surface area (Å²) in [4.78, 5) is 0.993. The largest absolute Gasteiger partial charge is 0.371 e. The second kappa shape index (κ2) is 4.13. The van der Waals surface area contributed by atoms with E-state index in [0.29, 0.717) is 0 Å². The molecule has 2 rings (SSSR count). The molecular weight excluding hydrogens is 182 g/mol. The minimum atomic E-state index is 0.211. The van der Waals surface area contributed by atoms with E-state index in [4.69, 9.17) is 4.74 Å². The summed E-state index contributed by atoms with van der Waals surface area (Å²) in [6.45, 7) is 2.67. The van der Waals surface area contributed by atoms with Crippen molar-refractivity contribution in [3.05, 3.63) is 29.8 Å². The molecular formula is C10H13NOS. The Balaban J connectivity index is 2.10. The molecule has 13 heavy (non-hydrogen) atoms. The van der Waals surface area contributed by atoms with Crippen molar-refractivity contribution in [3.8, 4) is 0 Å². The molecule has 1 N–H and O–H groups in total. The van der Waals surface area contributed by atoms with Crippen LogP contribution in [0.2, 0.25) is 0 Å². The van der Waals surface area contributed by atoms with Crippen LogP contribution in [0.15, 0.2) is 29.2 Å². The summed E-state index contributed by atoms with van der Waals surface area (Å²) >= 11 is 4.24. The van der Waals surface area contributed by atoms with Gasteiger partial charge in [-0.2, -0.15) is 0 Å². The maximum absolute atomic E-state index is 5.62. The van der Waals surface area contributed by atoms with Gasteiger partial charge in [0, 0.05) is 18.0 Å². The molecule has 1 fully saturated rings. The van der Waals surface area contributed by atoms with Crippen LogP contribution < -0.4 is 5.32 Å². The fourth-order valence-corrected chi connectivity index (χ4v) is 1.62. The van der Waals surface area contributed by atoms with Gasteiger partial charge in [-0.1, -0.05) is 12.1 Å². The molecule has 1 aromatic carbocycles. The lowest BCUT2D eigenvalue weighted by atomic mass is 10.1. The molecule has 1 saturated heterocycles. The Morgan fingerprint density at radius 1 is 1.31 bits per heavy atom. The summed E-state index contributed by atoms with van der Waals surface area (Å²) in [5, 5.41) is 3.30. The van der Waals surface area contributed by atoms with E-state index in [1.54, 1.807) is 0 Å². The van der Waals surface area contributed by atoms with E-state index < -0.39 is 0 Å². The number of ether oxygens (including phenoxy) is 1. The molecule has 0 radical (unpaired) electrons. The molecule has 0 amide bonds. The van der Waals surface area contributed by atoms with Crippen LogP contribution in [0.5, 0.6) is 0 Å². The second-order valence-corrected chi connectivity index (χ2v) is 3.67. The lowest BCUT2D eigenvalue weighted by Gasteiger charge is -2.23. The minimum Gasteiger partial charge on any atom is -0.371 e. The first-order valence-electron chi connectivity index (χ1n) is 4.47. The zero-order chi connectivity index (χ0) is 9.10. The zero-order valence-corrected chi connectivity index (χ0v) is 8.26. The van der Waals surface area contributed by atoms with Crippen LogP contribution in [-0.2, 0) is 4.74 Å². The lowest BCUT2D eigenvalue weighted by Crippen LogP contribution is -2.33. The highest BCUT2D eigenvalue weighted by atomic mass is 32.1. The normalized spacial score (nSPS) is 23.0. The number of morpholine rings is 1. The van der Waals surface area contributed by atoms with Crippen molar-refractivity contribution < 1.29 is 4.74 Å². The predicted octanol–water partition coefficient (Wildman–Crippen LogP) is 1.64. The summed E-state index contributed by atoms with van der Waals surface area (Å²) in [5.41, 5.74) is 1.23. The van der Waals surface area contributed by atoms with Crippen LogP contribution >= 0.6 is 12.6 Å². The monoisotopic (exact) mass is 195 g/mol. The van der Waals surface area contributed by atoms with Gasteiger partial charge in [0.25, 0.3) is 0 Å². The number of thiol groups is 1. The summed E-state index contributed by atoms with van der Waals surface area (Å²) in [7, 11) is 0. The van der Waals surface area contributed by atoms with Gasteiger partial charge in [-0.3, -0.25) is 0 Å². The van der Waals surface area contributed by atoms with Gasteiger partial charge in [0.2, 0.25) is 0 Å². The molecule has 1 heterocycles. The lowest BCUT2D eigenvalue weighted by molar-refractivity contribution is 0.0277. The van der Waals surface area contributed by atoms with Gasteiger partial charge in [-0.05, 0) is 17.7 Å². The molecule has 0 spiro atoms. The Hall–Kier alpha value is -0.510. The maximum Gasteiger partial charge on any atom is 0.0949 e. The molecule has 1 aromatic rings. The summed E-state index contributed by atoms with van der Waals surface area (Å²) in [6.07, 6.45) is 0.211. The Kier molecular flexibility index (Phi) is 2.88. The Labute approximate surface area is 83.7 Å². The molecule has 0 aliphatic carbocycles. The number of nitrogens with one attached hydrogen (secondary N) is 1. The quantitative estimate of drug-likeness (QED) is 0.665. The molecule has 0 bridgehead atoms. The molecule has 1 atom stereocenters. The zero-order valence-electron chi connectivity index (χ0n) is 7.36. The van der Waals surface area contributed by atoms with Gasteiger partial charge in [-0.25, -0.2) is 0 Å². The Bertz CT molecular complexity index is 267. The van der Waals surface area contributed by atoms with Crippen molar-refractivity contribution in [3.63, 3.8) is 0 Å². The summed E-state index contributed by atoms with van der Waals surface area (Å²) in [5.74, 6) is 0. The molecule has 1 aliphatic heterocycles. The topological polar surface area (TPSA) is 21.3 Å². The average Bonchev–Trinajstić information content (AvgIpc) is 2.20. The van der Waals surface area contributed by atoms with Crippen molar-refractivity contribution in [2.24, 2.45) is 0 Å². The third-order valence-corrected chi connectivity index (χ3v) is 2.49. The highest BCUT2D eigenvalue weighted by Gasteiger charge is 2.14. The molecule has 3 heteroatoms. The van der Waals surface area contributed by atoms with Gasteiger partial charge in [-0.15, -0.1) is 12.6 Å².